The van der Waals surface area contributed by atoms with E-state index in [1.165, 1.54) is 14.9 Å². The minimum Gasteiger partial charge on any atom is -0.147 e. The Kier molecular flexibility index (Phi) is 9.23. The second kappa shape index (κ2) is 10.4. The monoisotopic (exact) mass is 423 g/mol. The average Bonchev–Trinajstić information content (AvgIpc) is 3.09. The zero-order chi connectivity index (χ0) is 17.0. The Morgan fingerprint density at radius 3 is 1.73 bits per heavy atom. The van der Waals surface area contributed by atoms with E-state index < -0.39 is 17.7 Å². The van der Waals surface area contributed by atoms with E-state index in [0.717, 1.165) is 6.42 Å². The summed E-state index contributed by atoms with van der Waals surface area (Å²) in [5.41, 5.74) is 2.81. The average molecular weight is 424 g/mol. The van der Waals surface area contributed by atoms with Crippen LogP contribution in [0.3, 0.4) is 0 Å². The fourth-order valence-electron chi connectivity index (χ4n) is 2.98. The van der Waals surface area contributed by atoms with Gasteiger partial charge in [-0.25, -0.2) is 0 Å². The molecule has 0 saturated heterocycles. The quantitative estimate of drug-likeness (QED) is 0.606. The molecule has 4 heteroatoms. The minimum absolute atomic E-state index is 0. The van der Waals surface area contributed by atoms with Crippen LogP contribution in [0.4, 0.5) is 0 Å². The number of benzene rings is 2. The van der Waals surface area contributed by atoms with E-state index in [2.05, 4.69) is 103 Å². The van der Waals surface area contributed by atoms with Crippen molar-refractivity contribution < 1.29 is 17.7 Å². The van der Waals surface area contributed by atoms with Gasteiger partial charge in [0.25, 0.3) is 0 Å². The molecular weight excluding hydrogens is 397 g/mol. The van der Waals surface area contributed by atoms with Crippen molar-refractivity contribution in [1.29, 1.82) is 0 Å². The second-order valence-electron chi connectivity index (χ2n) is 7.18. The van der Waals surface area contributed by atoms with E-state index in [9.17, 15) is 0 Å². The topological polar surface area (TPSA) is 12.0 Å². The van der Waals surface area contributed by atoms with Gasteiger partial charge in [0.15, 0.2) is 0 Å². The van der Waals surface area contributed by atoms with Crippen LogP contribution in [0.1, 0.15) is 38.3 Å². The summed E-state index contributed by atoms with van der Waals surface area (Å²) in [6.07, 6.45) is 7.90. The maximum absolute atomic E-state index is 4.02. The van der Waals surface area contributed by atoms with Crippen molar-refractivity contribution in [2.75, 3.05) is 0 Å². The Hall–Kier alpha value is -0.956. The summed E-state index contributed by atoms with van der Waals surface area (Å²) < 4.78 is 7.12. The van der Waals surface area contributed by atoms with Crippen molar-refractivity contribution in [2.24, 2.45) is 0 Å². The molecule has 0 spiro atoms. The van der Waals surface area contributed by atoms with Gasteiger partial charge in [0.2, 0.25) is 0 Å². The first kappa shape index (κ1) is 23.1. The smallest absolute Gasteiger partial charge is 0.147 e. The van der Waals surface area contributed by atoms with Crippen LogP contribution < -0.4 is 3.80 Å². The van der Waals surface area contributed by atoms with Gasteiger partial charge < -0.3 is 0 Å². The number of hydrogen-bond acceptors (Lipinski definition) is 1. The summed E-state index contributed by atoms with van der Waals surface area (Å²) in [5.74, 6) is 0. The molecule has 1 aliphatic carbocycles. The van der Waals surface area contributed by atoms with Gasteiger partial charge in [-0.1, -0.05) is 0 Å². The van der Waals surface area contributed by atoms with E-state index in [1.807, 2.05) is 0 Å². The van der Waals surface area contributed by atoms with Crippen LogP contribution in [0, 0.1) is 0 Å². The molecule has 1 aliphatic rings. The first-order valence-corrected chi connectivity index (χ1v) is 10.9. The van der Waals surface area contributed by atoms with Gasteiger partial charge in [-0.15, -0.1) is 24.8 Å². The fourth-order valence-corrected chi connectivity index (χ4v) is 7.43. The molecule has 0 bridgehead atoms. The van der Waals surface area contributed by atoms with Crippen LogP contribution in [0.2, 0.25) is 0 Å². The number of hydrogen-bond donors (Lipinski definition) is 1. The van der Waals surface area contributed by atoms with Crippen molar-refractivity contribution in [2.45, 2.75) is 32.7 Å². The van der Waals surface area contributed by atoms with E-state index in [-0.39, 0.29) is 30.4 Å². The van der Waals surface area contributed by atoms with E-state index in [4.69, 9.17) is 0 Å². The third-order valence-corrected chi connectivity index (χ3v) is 8.79. The molecule has 0 unspecified atom stereocenters. The van der Waals surface area contributed by atoms with E-state index in [0.29, 0.717) is 0 Å². The fraction of sp³-hybridized carbons (Fsp3) is 0.227. The Labute approximate surface area is 176 Å². The van der Waals surface area contributed by atoms with Crippen LogP contribution in [0.5, 0.6) is 0 Å². The molecule has 0 fully saturated rings. The van der Waals surface area contributed by atoms with Crippen LogP contribution >= 0.6 is 24.8 Å². The number of allylic oxidation sites excluding steroid dienone is 4. The third kappa shape index (κ3) is 6.04. The summed E-state index contributed by atoms with van der Waals surface area (Å²) in [4.78, 5) is 0. The Morgan fingerprint density at radius 2 is 1.35 bits per heavy atom. The third-order valence-electron chi connectivity index (χ3n) is 3.97. The largest absolute Gasteiger partial charge is 0.147 e. The van der Waals surface area contributed by atoms with Gasteiger partial charge in [0, 0.05) is 0 Å². The summed E-state index contributed by atoms with van der Waals surface area (Å²) in [6, 6.07) is 21.8. The molecule has 1 nitrogen and oxygen atoms in total. The minimum atomic E-state index is -1.86. The Morgan fingerprint density at radius 1 is 0.846 bits per heavy atom. The maximum atomic E-state index is 4.02. The molecular formula is C22H27Cl2NTi. The number of nitrogens with one attached hydrogen (secondary N) is 1. The van der Waals surface area contributed by atoms with Gasteiger partial charge in [-0.3, -0.25) is 0 Å². The van der Waals surface area contributed by atoms with Gasteiger partial charge in [0.1, 0.15) is 0 Å². The molecule has 0 saturated carbocycles. The first-order chi connectivity index (χ1) is 11.5. The van der Waals surface area contributed by atoms with Crippen molar-refractivity contribution in [3.8, 4) is 0 Å². The van der Waals surface area contributed by atoms with Crippen LogP contribution in [-0.2, 0) is 17.7 Å². The molecule has 0 heterocycles. The van der Waals surface area contributed by atoms with Gasteiger partial charge in [-0.2, -0.15) is 0 Å². The SMILES string of the molecule is CC(C)(C)[NH][Ti]([C]1=CC=CC1)=[C](c1ccccc1)c1ccccc1.Cl.Cl. The molecule has 26 heavy (non-hydrogen) atoms. The van der Waals surface area contributed by atoms with Crippen LogP contribution in [-0.4, -0.2) is 9.35 Å². The van der Waals surface area contributed by atoms with Gasteiger partial charge >= 0.3 is 152 Å². The summed E-state index contributed by atoms with van der Waals surface area (Å²) in [6.45, 7) is 6.82. The van der Waals surface area contributed by atoms with Crippen molar-refractivity contribution in [3.63, 3.8) is 0 Å². The standard InChI is InChI=1S/C13H10.C5H5.C4H10N.2ClH.Ti/c1-3-7-12(8-4-1)11-13-9-5-2-6-10-13;1-2-4-5-3-1;1-4(2,3)5;;;/h1-10H;1-3H,4H2;5H,1-3H3;2*1H;/q;;-1;;;+1. The molecule has 0 aliphatic heterocycles. The molecule has 2 aromatic carbocycles. The van der Waals surface area contributed by atoms with Crippen molar-refractivity contribution in [3.05, 3.63) is 93.9 Å². The second-order valence-corrected chi connectivity index (χ2v) is 10.5. The van der Waals surface area contributed by atoms with Crippen molar-refractivity contribution in [1.82, 2.24) is 3.80 Å². The molecule has 0 aromatic heterocycles. The van der Waals surface area contributed by atoms with Crippen LogP contribution in [0.25, 0.3) is 0 Å². The Bertz CT molecular complexity index is 746. The predicted octanol–water partition coefficient (Wildman–Crippen LogP) is 5.86. The predicted molar refractivity (Wildman–Crippen MR) is 115 cm³/mol. The maximum Gasteiger partial charge on any atom is -0.147 e. The molecule has 3 rings (SSSR count). The zero-order valence-electron chi connectivity index (χ0n) is 15.5. The normalized spacial score (nSPS) is 12.7. The Balaban J connectivity index is 0.00000169. The molecule has 138 valence electrons. The molecule has 0 amide bonds. The summed E-state index contributed by atoms with van der Waals surface area (Å²) >= 11 is -1.86. The van der Waals surface area contributed by atoms with Crippen LogP contribution in [0.15, 0.2) is 82.8 Å². The van der Waals surface area contributed by atoms with Crippen molar-refractivity contribution >= 4 is 28.6 Å². The molecule has 0 atom stereocenters. The first-order valence-electron chi connectivity index (χ1n) is 8.54. The summed E-state index contributed by atoms with van der Waals surface area (Å²) in [7, 11) is 0. The zero-order valence-corrected chi connectivity index (χ0v) is 18.7. The molecule has 1 N–H and O–H groups in total. The van der Waals surface area contributed by atoms with Gasteiger partial charge in [-0.05, 0) is 0 Å². The van der Waals surface area contributed by atoms with Gasteiger partial charge in [0.05, 0.1) is 0 Å². The van der Waals surface area contributed by atoms with E-state index in [1.54, 1.807) is 3.88 Å². The summed E-state index contributed by atoms with van der Waals surface area (Å²) in [5, 5.41) is 0. The number of rotatable bonds is 4. The molecule has 2 aromatic rings. The van der Waals surface area contributed by atoms with E-state index >= 15 is 0 Å². The number of halogens is 2. The molecule has 0 radical (unpaired) electrons.